The molecule has 0 aliphatic carbocycles. The van der Waals surface area contributed by atoms with E-state index in [4.69, 9.17) is 0 Å². The normalized spacial score (nSPS) is 19.0. The maximum absolute atomic E-state index is 12.4. The van der Waals surface area contributed by atoms with Crippen molar-refractivity contribution in [2.75, 3.05) is 6.54 Å². The molecule has 0 aromatic heterocycles. The van der Waals surface area contributed by atoms with E-state index in [1.165, 1.54) is 0 Å². The van der Waals surface area contributed by atoms with Gasteiger partial charge in [0, 0.05) is 19.5 Å². The molecular formula is C17H23NO3. The fourth-order valence-corrected chi connectivity index (χ4v) is 3.03. The minimum absolute atomic E-state index is 0.0664. The summed E-state index contributed by atoms with van der Waals surface area (Å²) >= 11 is 0. The lowest BCUT2D eigenvalue weighted by molar-refractivity contribution is -0.141. The molecule has 1 aliphatic heterocycles. The number of hydrogen-bond donors (Lipinski definition) is 1. The number of benzene rings is 1. The molecule has 0 radical (unpaired) electrons. The van der Waals surface area contributed by atoms with Crippen molar-refractivity contribution in [3.8, 4) is 0 Å². The number of carbonyl (C=O) groups excluding carboxylic acids is 1. The Morgan fingerprint density at radius 2 is 2.10 bits per heavy atom. The summed E-state index contributed by atoms with van der Waals surface area (Å²) in [6, 6.07) is 7.52. The molecule has 4 nitrogen and oxygen atoms in total. The van der Waals surface area contributed by atoms with E-state index in [-0.39, 0.29) is 12.5 Å². The van der Waals surface area contributed by atoms with Crippen LogP contribution in [0.3, 0.4) is 0 Å². The summed E-state index contributed by atoms with van der Waals surface area (Å²) in [5.74, 6) is -1.05. The first-order chi connectivity index (χ1) is 10.0. The first-order valence-electron chi connectivity index (χ1n) is 7.61. The van der Waals surface area contributed by atoms with Crippen molar-refractivity contribution in [2.24, 2.45) is 5.92 Å². The molecule has 0 saturated heterocycles. The number of carbonyl (C=O) groups is 2. The summed E-state index contributed by atoms with van der Waals surface area (Å²) in [4.78, 5) is 25.6. The van der Waals surface area contributed by atoms with Gasteiger partial charge >= 0.3 is 5.97 Å². The summed E-state index contributed by atoms with van der Waals surface area (Å²) < 4.78 is 0. The lowest BCUT2D eigenvalue weighted by atomic mass is 9.89. The predicted octanol–water partition coefficient (Wildman–Crippen LogP) is 3.02. The van der Waals surface area contributed by atoms with E-state index in [1.54, 1.807) is 4.90 Å². The van der Waals surface area contributed by atoms with Gasteiger partial charge in [-0.15, -0.1) is 0 Å². The van der Waals surface area contributed by atoms with E-state index in [0.29, 0.717) is 18.9 Å². The van der Waals surface area contributed by atoms with Crippen molar-refractivity contribution >= 4 is 11.9 Å². The summed E-state index contributed by atoms with van der Waals surface area (Å²) in [5.41, 5.74) is 1.79. The molecule has 114 valence electrons. The molecular weight excluding hydrogens is 266 g/mol. The van der Waals surface area contributed by atoms with Crippen molar-refractivity contribution in [2.45, 2.75) is 45.6 Å². The molecule has 1 heterocycles. The Hall–Kier alpha value is -1.84. The van der Waals surface area contributed by atoms with E-state index < -0.39 is 11.9 Å². The summed E-state index contributed by atoms with van der Waals surface area (Å²) in [6.07, 6.45) is 2.59. The average Bonchev–Trinajstić information content (AvgIpc) is 2.46. The summed E-state index contributed by atoms with van der Waals surface area (Å²) in [6.45, 7) is 4.99. The van der Waals surface area contributed by atoms with Crippen molar-refractivity contribution in [1.29, 1.82) is 0 Å². The molecule has 2 atom stereocenters. The molecule has 0 fully saturated rings. The second-order valence-electron chi connectivity index (χ2n) is 5.96. The van der Waals surface area contributed by atoms with Gasteiger partial charge in [0.25, 0.3) is 0 Å². The van der Waals surface area contributed by atoms with Gasteiger partial charge in [-0.05, 0) is 17.0 Å². The molecule has 0 saturated carbocycles. The maximum Gasteiger partial charge on any atom is 0.312 e. The SMILES string of the molecule is CCCC(C)CC(=O)N1Cc2ccccc2C(C(=O)O)C1. The third kappa shape index (κ3) is 3.63. The van der Waals surface area contributed by atoms with Gasteiger partial charge in [0.1, 0.15) is 0 Å². The highest BCUT2D eigenvalue weighted by Crippen LogP contribution is 2.29. The molecule has 1 amide bonds. The Morgan fingerprint density at radius 3 is 2.76 bits per heavy atom. The molecule has 4 heteroatoms. The van der Waals surface area contributed by atoms with Crippen LogP contribution in [0.15, 0.2) is 24.3 Å². The molecule has 21 heavy (non-hydrogen) atoms. The van der Waals surface area contributed by atoms with Crippen LogP contribution in [0.5, 0.6) is 0 Å². The van der Waals surface area contributed by atoms with E-state index >= 15 is 0 Å². The van der Waals surface area contributed by atoms with E-state index in [9.17, 15) is 14.7 Å². The zero-order chi connectivity index (χ0) is 15.4. The maximum atomic E-state index is 12.4. The van der Waals surface area contributed by atoms with Crippen LogP contribution in [0, 0.1) is 5.92 Å². The number of carboxylic acids is 1. The molecule has 0 bridgehead atoms. The van der Waals surface area contributed by atoms with Gasteiger partial charge in [0.2, 0.25) is 5.91 Å². The van der Waals surface area contributed by atoms with Crippen LogP contribution in [0.25, 0.3) is 0 Å². The number of aliphatic carboxylic acids is 1. The molecule has 1 aromatic carbocycles. The van der Waals surface area contributed by atoms with Gasteiger partial charge < -0.3 is 10.0 Å². The number of hydrogen-bond acceptors (Lipinski definition) is 2. The van der Waals surface area contributed by atoms with Crippen LogP contribution in [0.1, 0.15) is 50.2 Å². The Labute approximate surface area is 125 Å². The van der Waals surface area contributed by atoms with Crippen molar-refractivity contribution in [1.82, 2.24) is 4.90 Å². The fraction of sp³-hybridized carbons (Fsp3) is 0.529. The Kier molecular flexibility index (Phi) is 4.99. The molecule has 1 N–H and O–H groups in total. The standard InChI is InChI=1S/C17H23NO3/c1-3-6-12(2)9-16(19)18-10-13-7-4-5-8-14(13)15(11-18)17(20)21/h4-5,7-8,12,15H,3,6,9-11H2,1-2H3,(H,20,21). The lowest BCUT2D eigenvalue weighted by Gasteiger charge is -2.33. The number of nitrogens with zero attached hydrogens (tertiary/aromatic N) is 1. The van der Waals surface area contributed by atoms with Gasteiger partial charge in [-0.2, -0.15) is 0 Å². The highest BCUT2D eigenvalue weighted by Gasteiger charge is 2.32. The zero-order valence-corrected chi connectivity index (χ0v) is 12.7. The molecule has 0 spiro atoms. The highest BCUT2D eigenvalue weighted by atomic mass is 16.4. The number of fused-ring (bicyclic) bond motifs is 1. The minimum Gasteiger partial charge on any atom is -0.481 e. The monoisotopic (exact) mass is 289 g/mol. The minimum atomic E-state index is -0.860. The van der Waals surface area contributed by atoms with E-state index in [2.05, 4.69) is 13.8 Å². The smallest absolute Gasteiger partial charge is 0.312 e. The van der Waals surface area contributed by atoms with Crippen LogP contribution in [-0.2, 0) is 16.1 Å². The predicted molar refractivity (Wildman–Crippen MR) is 80.9 cm³/mol. The highest BCUT2D eigenvalue weighted by molar-refractivity contribution is 5.81. The third-order valence-corrected chi connectivity index (χ3v) is 4.15. The lowest BCUT2D eigenvalue weighted by Crippen LogP contribution is -2.41. The third-order valence-electron chi connectivity index (χ3n) is 4.15. The first kappa shape index (κ1) is 15.5. The average molecular weight is 289 g/mol. The van der Waals surface area contributed by atoms with Gasteiger partial charge in [-0.25, -0.2) is 0 Å². The summed E-state index contributed by atoms with van der Waals surface area (Å²) in [7, 11) is 0. The quantitative estimate of drug-likeness (QED) is 0.906. The molecule has 1 aromatic rings. The fourth-order valence-electron chi connectivity index (χ4n) is 3.03. The molecule has 2 rings (SSSR count). The summed E-state index contributed by atoms with van der Waals surface area (Å²) in [5, 5.41) is 9.41. The van der Waals surface area contributed by atoms with Gasteiger partial charge in [0.05, 0.1) is 5.92 Å². The number of amides is 1. The molecule has 2 unspecified atom stereocenters. The van der Waals surface area contributed by atoms with Crippen LogP contribution >= 0.6 is 0 Å². The molecule has 1 aliphatic rings. The van der Waals surface area contributed by atoms with Gasteiger partial charge in [-0.1, -0.05) is 51.0 Å². The van der Waals surface area contributed by atoms with E-state index in [1.807, 2.05) is 24.3 Å². The van der Waals surface area contributed by atoms with E-state index in [0.717, 1.165) is 24.0 Å². The van der Waals surface area contributed by atoms with Crippen LogP contribution in [0.4, 0.5) is 0 Å². The topological polar surface area (TPSA) is 57.6 Å². The van der Waals surface area contributed by atoms with Crippen molar-refractivity contribution in [3.05, 3.63) is 35.4 Å². The Balaban J connectivity index is 2.14. The zero-order valence-electron chi connectivity index (χ0n) is 12.7. The Bertz CT molecular complexity index is 527. The van der Waals surface area contributed by atoms with Crippen LogP contribution in [-0.4, -0.2) is 28.4 Å². The number of carboxylic acid groups (broad SMARTS) is 1. The first-order valence-corrected chi connectivity index (χ1v) is 7.61. The number of rotatable bonds is 5. The van der Waals surface area contributed by atoms with Gasteiger partial charge in [-0.3, -0.25) is 9.59 Å². The van der Waals surface area contributed by atoms with Crippen LogP contribution in [0.2, 0.25) is 0 Å². The second kappa shape index (κ2) is 6.74. The Morgan fingerprint density at radius 1 is 1.38 bits per heavy atom. The van der Waals surface area contributed by atoms with Crippen LogP contribution < -0.4 is 0 Å². The van der Waals surface area contributed by atoms with Gasteiger partial charge in [0.15, 0.2) is 0 Å². The van der Waals surface area contributed by atoms with Crippen molar-refractivity contribution < 1.29 is 14.7 Å². The largest absolute Gasteiger partial charge is 0.481 e. The second-order valence-corrected chi connectivity index (χ2v) is 5.96. The van der Waals surface area contributed by atoms with Crippen molar-refractivity contribution in [3.63, 3.8) is 0 Å².